The quantitative estimate of drug-likeness (QED) is 0.546. The summed E-state index contributed by atoms with van der Waals surface area (Å²) in [7, 11) is 0. The highest BCUT2D eigenvalue weighted by molar-refractivity contribution is 6.54. The first-order chi connectivity index (χ1) is 17.9. The monoisotopic (exact) mass is 498 g/mol. The minimum absolute atomic E-state index is 0.122. The van der Waals surface area contributed by atoms with Gasteiger partial charge >= 0.3 is 0 Å². The van der Waals surface area contributed by atoms with Crippen molar-refractivity contribution in [1.29, 1.82) is 5.41 Å². The van der Waals surface area contributed by atoms with E-state index in [0.29, 0.717) is 30.9 Å². The molecule has 6 rings (SSSR count). The van der Waals surface area contributed by atoms with Gasteiger partial charge < -0.3 is 20.9 Å². The van der Waals surface area contributed by atoms with Crippen LogP contribution in [-0.2, 0) is 20.8 Å². The van der Waals surface area contributed by atoms with E-state index in [1.54, 1.807) is 9.80 Å². The van der Waals surface area contributed by atoms with Crippen LogP contribution in [0, 0.1) is 16.7 Å². The molecule has 37 heavy (non-hydrogen) atoms. The lowest BCUT2D eigenvalue weighted by atomic mass is 9.76. The number of rotatable bonds is 5. The van der Waals surface area contributed by atoms with Gasteiger partial charge in [-0.15, -0.1) is 0 Å². The maximum absolute atomic E-state index is 13.9. The number of fused-ring (bicyclic) bond motifs is 1. The Morgan fingerprint density at radius 2 is 1.76 bits per heavy atom. The van der Waals surface area contributed by atoms with Gasteiger partial charge in [-0.05, 0) is 80.1 Å². The minimum atomic E-state index is -0.820. The molecule has 3 aliphatic heterocycles. The number of nitrogens with zero attached hydrogens (tertiary/aromatic N) is 3. The maximum Gasteiger partial charge on any atom is 0.273 e. The second kappa shape index (κ2) is 8.83. The molecule has 3 heterocycles. The number of benzene rings is 2. The Hall–Kier alpha value is -4.01. The summed E-state index contributed by atoms with van der Waals surface area (Å²) in [6.07, 6.45) is 4.90. The van der Waals surface area contributed by atoms with E-state index in [-0.39, 0.29) is 23.2 Å². The third-order valence-corrected chi connectivity index (χ3v) is 8.11. The molecule has 0 aromatic heterocycles. The lowest BCUT2D eigenvalue weighted by molar-refractivity contribution is -0.119. The third-order valence-electron chi connectivity index (χ3n) is 8.11. The van der Waals surface area contributed by atoms with E-state index < -0.39 is 17.2 Å². The van der Waals surface area contributed by atoms with Crippen LogP contribution in [0.5, 0.6) is 0 Å². The molecule has 1 aliphatic carbocycles. The summed E-state index contributed by atoms with van der Waals surface area (Å²) in [5.41, 5.74) is 9.41. The molecule has 1 unspecified atom stereocenters. The molecule has 9 heteroatoms. The van der Waals surface area contributed by atoms with Crippen LogP contribution in [0.25, 0.3) is 0 Å². The first kappa shape index (κ1) is 23.4. The number of anilines is 3. The first-order valence-corrected chi connectivity index (χ1v) is 12.9. The van der Waals surface area contributed by atoms with Crippen LogP contribution in [0.15, 0.2) is 47.5 Å². The minimum Gasteiger partial charge on any atom is -0.384 e. The van der Waals surface area contributed by atoms with Gasteiger partial charge in [0.15, 0.2) is 0 Å². The Morgan fingerprint density at radius 1 is 1.03 bits per heavy atom. The fourth-order valence-corrected chi connectivity index (χ4v) is 5.93. The van der Waals surface area contributed by atoms with E-state index in [4.69, 9.17) is 16.1 Å². The molecular weight excluding hydrogens is 468 g/mol. The summed E-state index contributed by atoms with van der Waals surface area (Å²) in [5.74, 6) is -1.75. The lowest BCUT2D eigenvalue weighted by Crippen LogP contribution is -2.56. The molecule has 2 aromatic carbocycles. The van der Waals surface area contributed by atoms with Crippen molar-refractivity contribution in [3.05, 3.63) is 48.0 Å². The molecule has 1 atom stereocenters. The van der Waals surface area contributed by atoms with Crippen molar-refractivity contribution in [2.45, 2.75) is 38.5 Å². The number of nitrogens with two attached hydrogens (primary N) is 1. The van der Waals surface area contributed by atoms with Crippen molar-refractivity contribution < 1.29 is 14.4 Å². The van der Waals surface area contributed by atoms with Crippen LogP contribution in [0.1, 0.15) is 37.7 Å². The summed E-state index contributed by atoms with van der Waals surface area (Å²) in [6, 6.07) is 13.3. The van der Waals surface area contributed by atoms with Gasteiger partial charge in [0, 0.05) is 48.5 Å². The van der Waals surface area contributed by atoms with Gasteiger partial charge in [-0.2, -0.15) is 0 Å². The summed E-state index contributed by atoms with van der Waals surface area (Å²) in [5, 5.41) is 11.8. The molecule has 4 aliphatic rings. The molecule has 190 valence electrons. The summed E-state index contributed by atoms with van der Waals surface area (Å²) in [6.45, 7) is 1.95. The summed E-state index contributed by atoms with van der Waals surface area (Å²) >= 11 is 0. The number of hydrogen-bond acceptors (Lipinski definition) is 6. The molecule has 4 N–H and O–H groups in total. The van der Waals surface area contributed by atoms with Gasteiger partial charge in [-0.25, -0.2) is 4.99 Å². The summed E-state index contributed by atoms with van der Waals surface area (Å²) < 4.78 is 0. The van der Waals surface area contributed by atoms with Crippen molar-refractivity contribution >= 4 is 51.9 Å². The van der Waals surface area contributed by atoms with E-state index >= 15 is 0 Å². The van der Waals surface area contributed by atoms with Crippen LogP contribution in [-0.4, -0.2) is 48.8 Å². The van der Waals surface area contributed by atoms with Crippen molar-refractivity contribution in [3.8, 4) is 0 Å². The van der Waals surface area contributed by atoms with Crippen molar-refractivity contribution in [3.63, 3.8) is 0 Å². The molecule has 3 fully saturated rings. The first-order valence-electron chi connectivity index (χ1n) is 12.9. The van der Waals surface area contributed by atoms with Crippen molar-refractivity contribution in [1.82, 2.24) is 0 Å². The van der Waals surface area contributed by atoms with Crippen LogP contribution in [0.2, 0.25) is 0 Å². The zero-order valence-corrected chi connectivity index (χ0v) is 20.6. The van der Waals surface area contributed by atoms with Gasteiger partial charge in [0.25, 0.3) is 11.8 Å². The van der Waals surface area contributed by atoms with Crippen LogP contribution < -0.4 is 20.9 Å². The predicted octanol–water partition coefficient (Wildman–Crippen LogP) is 3.19. The maximum atomic E-state index is 13.9. The molecule has 9 nitrogen and oxygen atoms in total. The zero-order chi connectivity index (χ0) is 25.7. The van der Waals surface area contributed by atoms with E-state index in [9.17, 15) is 14.4 Å². The van der Waals surface area contributed by atoms with Gasteiger partial charge in [-0.3, -0.25) is 19.8 Å². The second-order valence-electron chi connectivity index (χ2n) is 10.5. The lowest BCUT2D eigenvalue weighted by Gasteiger charge is -2.39. The molecule has 1 saturated carbocycles. The van der Waals surface area contributed by atoms with E-state index in [1.807, 2.05) is 42.5 Å². The predicted molar refractivity (Wildman–Crippen MR) is 143 cm³/mol. The average molecular weight is 499 g/mol. The Balaban J connectivity index is 1.37. The standard InChI is InChI=1S/C28H30N6O3/c29-24(26(30)36)23-25(32-18-4-9-21-17(15-18)10-13-31-21)27(37)34(16-28(23)11-12-28)20-7-5-19(6-8-20)33-14-2-1-3-22(33)35/h4-9,15,23,29,31H,1-3,10-14,16H2,(H2,30,36). The third kappa shape index (κ3) is 4.08. The van der Waals surface area contributed by atoms with Crippen LogP contribution >= 0.6 is 0 Å². The smallest absolute Gasteiger partial charge is 0.273 e. The van der Waals surface area contributed by atoms with Crippen LogP contribution in [0.3, 0.4) is 0 Å². The topological polar surface area (TPSA) is 132 Å². The van der Waals surface area contributed by atoms with Crippen molar-refractivity contribution in [2.75, 3.05) is 34.8 Å². The van der Waals surface area contributed by atoms with Crippen molar-refractivity contribution in [2.24, 2.45) is 22.1 Å². The van der Waals surface area contributed by atoms with Gasteiger partial charge in [0.05, 0.1) is 11.6 Å². The average Bonchev–Trinajstić information content (AvgIpc) is 3.50. The number of carbonyl (C=O) groups excluding carboxylic acids is 3. The Labute approximate surface area is 215 Å². The van der Waals surface area contributed by atoms with E-state index in [0.717, 1.165) is 55.6 Å². The normalized spacial score (nSPS) is 23.2. The fourth-order valence-electron chi connectivity index (χ4n) is 5.93. The Kier molecular flexibility index (Phi) is 5.58. The molecule has 0 radical (unpaired) electrons. The number of aliphatic imine (C=N–C) groups is 1. The number of hydrogen-bond donors (Lipinski definition) is 3. The fraction of sp³-hybridized carbons (Fsp3) is 0.393. The number of carbonyl (C=O) groups is 3. The number of primary amides is 1. The highest BCUT2D eigenvalue weighted by Gasteiger charge is 2.60. The number of amides is 3. The second-order valence-corrected chi connectivity index (χ2v) is 10.5. The Morgan fingerprint density at radius 3 is 2.43 bits per heavy atom. The van der Waals surface area contributed by atoms with Gasteiger partial charge in [-0.1, -0.05) is 0 Å². The van der Waals surface area contributed by atoms with Gasteiger partial charge in [0.1, 0.15) is 11.4 Å². The molecule has 2 saturated heterocycles. The molecule has 3 amide bonds. The Bertz CT molecular complexity index is 1340. The molecule has 1 spiro atoms. The SMILES string of the molecule is N=C(C(N)=O)C1C(=Nc2ccc3c(c2)CCN3)C(=O)N(c2ccc(N3CCCCC3=O)cc2)CC12CC2. The van der Waals surface area contributed by atoms with Gasteiger partial charge in [0.2, 0.25) is 5.91 Å². The molecule has 2 aromatic rings. The highest BCUT2D eigenvalue weighted by atomic mass is 16.2. The molecular formula is C28H30N6O3. The van der Waals surface area contributed by atoms with Crippen LogP contribution in [0.4, 0.5) is 22.7 Å². The van der Waals surface area contributed by atoms with E-state index in [2.05, 4.69) is 5.32 Å². The summed E-state index contributed by atoms with van der Waals surface area (Å²) in [4.78, 5) is 46.7. The highest BCUT2D eigenvalue weighted by Crippen LogP contribution is 2.56. The number of nitrogens with one attached hydrogen (secondary N) is 2. The number of piperidine rings is 2. The van der Waals surface area contributed by atoms with E-state index in [1.165, 1.54) is 0 Å². The zero-order valence-electron chi connectivity index (χ0n) is 20.6. The largest absolute Gasteiger partial charge is 0.384 e. The molecule has 0 bridgehead atoms.